The number of anilines is 1. The van der Waals surface area contributed by atoms with E-state index in [0.29, 0.717) is 22.8 Å². The van der Waals surface area contributed by atoms with E-state index in [9.17, 15) is 4.21 Å². The highest BCUT2D eigenvalue weighted by molar-refractivity contribution is 7.85. The van der Waals surface area contributed by atoms with Gasteiger partial charge in [0.15, 0.2) is 0 Å². The quantitative estimate of drug-likeness (QED) is 0.811. The Kier molecular flexibility index (Phi) is 2.97. The maximum atomic E-state index is 12.1. The summed E-state index contributed by atoms with van der Waals surface area (Å²) in [5.74, 6) is 0.564. The Bertz CT molecular complexity index is 460. The van der Waals surface area contributed by atoms with E-state index in [1.54, 1.807) is 12.1 Å². The molecule has 1 unspecified atom stereocenters. The molecular weight excluding hydrogens is 220 g/mol. The number of hydrogen-bond donors (Lipinski definition) is 1. The van der Waals surface area contributed by atoms with Gasteiger partial charge in [-0.1, -0.05) is 12.1 Å². The predicted octanol–water partition coefficient (Wildman–Crippen LogP) is 2.07. The third-order valence-corrected chi connectivity index (χ3v) is 4.75. The minimum atomic E-state index is -1.08. The Labute approximate surface area is 97.7 Å². The predicted molar refractivity (Wildman–Crippen MR) is 64.0 cm³/mol. The van der Waals surface area contributed by atoms with Crippen molar-refractivity contribution in [3.63, 3.8) is 0 Å². The van der Waals surface area contributed by atoms with Crippen molar-refractivity contribution in [2.45, 2.75) is 24.2 Å². The van der Waals surface area contributed by atoms with Crippen LogP contribution in [0.3, 0.4) is 0 Å². The van der Waals surface area contributed by atoms with Crippen LogP contribution in [0.15, 0.2) is 29.2 Å². The van der Waals surface area contributed by atoms with Crippen molar-refractivity contribution in [1.29, 1.82) is 5.26 Å². The summed E-state index contributed by atoms with van der Waals surface area (Å²) in [4.78, 5) is 0.701. The Morgan fingerprint density at radius 1 is 1.44 bits per heavy atom. The van der Waals surface area contributed by atoms with E-state index in [1.807, 2.05) is 12.1 Å². The first kappa shape index (κ1) is 11.2. The molecule has 1 saturated carbocycles. The second-order valence-electron chi connectivity index (χ2n) is 4.36. The third kappa shape index (κ3) is 2.25. The molecule has 0 aliphatic heterocycles. The summed E-state index contributed by atoms with van der Waals surface area (Å²) >= 11 is 0. The molecule has 84 valence electrons. The molecule has 0 spiro atoms. The van der Waals surface area contributed by atoms with Gasteiger partial charge in [0, 0.05) is 17.9 Å². The van der Waals surface area contributed by atoms with Crippen molar-refractivity contribution >= 4 is 16.5 Å². The average Bonchev–Trinajstić information content (AvgIpc) is 2.99. The Morgan fingerprint density at radius 2 is 2.12 bits per heavy atom. The van der Waals surface area contributed by atoms with Gasteiger partial charge in [0.2, 0.25) is 0 Å². The van der Waals surface area contributed by atoms with E-state index < -0.39 is 10.8 Å². The van der Waals surface area contributed by atoms with E-state index in [1.165, 1.54) is 0 Å². The van der Waals surface area contributed by atoms with Gasteiger partial charge in [-0.15, -0.1) is 0 Å². The number of rotatable bonds is 4. The van der Waals surface area contributed by atoms with Crippen LogP contribution in [-0.4, -0.2) is 9.96 Å². The number of hydrogen-bond acceptors (Lipinski definition) is 3. The summed E-state index contributed by atoms with van der Waals surface area (Å²) in [5.41, 5.74) is 6.36. The number of nitrogens with two attached hydrogens (primary N) is 1. The Morgan fingerprint density at radius 3 is 2.69 bits per heavy atom. The molecule has 4 heteroatoms. The van der Waals surface area contributed by atoms with Gasteiger partial charge in [-0.3, -0.25) is 4.21 Å². The number of para-hydroxylation sites is 1. The van der Waals surface area contributed by atoms with Gasteiger partial charge in [-0.2, -0.15) is 5.26 Å². The van der Waals surface area contributed by atoms with Gasteiger partial charge in [0.05, 0.1) is 21.8 Å². The molecular formula is C12H14N2OS. The van der Waals surface area contributed by atoms with Crippen LogP contribution in [0.4, 0.5) is 5.69 Å². The van der Waals surface area contributed by atoms with Crippen LogP contribution in [0.2, 0.25) is 0 Å². The Balaban J connectivity index is 2.10. The summed E-state index contributed by atoms with van der Waals surface area (Å²) in [6.45, 7) is 0. The molecule has 1 atom stereocenters. The van der Waals surface area contributed by atoms with E-state index >= 15 is 0 Å². The van der Waals surface area contributed by atoms with Gasteiger partial charge in [0.25, 0.3) is 0 Å². The summed E-state index contributed by atoms with van der Waals surface area (Å²) in [6, 6.07) is 9.41. The van der Waals surface area contributed by atoms with Crippen molar-refractivity contribution < 1.29 is 4.21 Å². The highest BCUT2D eigenvalue weighted by Gasteiger charge is 2.44. The van der Waals surface area contributed by atoms with Crippen LogP contribution in [0, 0.1) is 16.7 Å². The molecule has 0 radical (unpaired) electrons. The highest BCUT2D eigenvalue weighted by atomic mass is 32.2. The van der Waals surface area contributed by atoms with Gasteiger partial charge in [0.1, 0.15) is 0 Å². The van der Waals surface area contributed by atoms with Gasteiger partial charge < -0.3 is 5.73 Å². The molecule has 1 aliphatic carbocycles. The van der Waals surface area contributed by atoms with Crippen molar-refractivity contribution in [2.24, 2.45) is 5.41 Å². The molecule has 0 heterocycles. The molecule has 0 aromatic heterocycles. The molecule has 2 rings (SSSR count). The van der Waals surface area contributed by atoms with Crippen LogP contribution < -0.4 is 5.73 Å². The van der Waals surface area contributed by atoms with Crippen molar-refractivity contribution in [1.82, 2.24) is 0 Å². The number of nitrogen functional groups attached to an aromatic ring is 1. The summed E-state index contributed by atoms with van der Waals surface area (Å²) < 4.78 is 12.1. The molecule has 0 amide bonds. The zero-order valence-electron chi connectivity index (χ0n) is 8.98. The lowest BCUT2D eigenvalue weighted by Gasteiger charge is -2.11. The van der Waals surface area contributed by atoms with E-state index in [0.717, 1.165) is 12.8 Å². The molecule has 1 aromatic carbocycles. The maximum absolute atomic E-state index is 12.1. The van der Waals surface area contributed by atoms with Crippen molar-refractivity contribution in [2.75, 3.05) is 11.5 Å². The minimum Gasteiger partial charge on any atom is -0.398 e. The lowest BCUT2D eigenvalue weighted by atomic mass is 10.1. The molecule has 16 heavy (non-hydrogen) atoms. The fourth-order valence-electron chi connectivity index (χ4n) is 1.76. The molecule has 0 bridgehead atoms. The first-order valence-electron chi connectivity index (χ1n) is 5.27. The van der Waals surface area contributed by atoms with Crippen LogP contribution >= 0.6 is 0 Å². The monoisotopic (exact) mass is 234 g/mol. The summed E-state index contributed by atoms with van der Waals surface area (Å²) in [7, 11) is -1.08. The van der Waals surface area contributed by atoms with Gasteiger partial charge in [-0.05, 0) is 30.4 Å². The highest BCUT2D eigenvalue weighted by Crippen LogP contribution is 2.49. The summed E-state index contributed by atoms with van der Waals surface area (Å²) in [6.07, 6.45) is 2.53. The number of nitriles is 1. The molecule has 2 N–H and O–H groups in total. The number of nitrogens with zero attached hydrogens (tertiary/aromatic N) is 1. The van der Waals surface area contributed by atoms with E-state index in [-0.39, 0.29) is 5.41 Å². The molecule has 0 saturated heterocycles. The SMILES string of the molecule is N#CCC1(CS(=O)c2ccccc2N)CC1. The fraction of sp³-hybridized carbons (Fsp3) is 0.417. The molecule has 1 aromatic rings. The van der Waals surface area contributed by atoms with Gasteiger partial charge in [-0.25, -0.2) is 0 Å². The fourth-order valence-corrected chi connectivity index (χ4v) is 3.42. The molecule has 3 nitrogen and oxygen atoms in total. The maximum Gasteiger partial charge on any atom is 0.0627 e. The smallest absolute Gasteiger partial charge is 0.0627 e. The zero-order valence-corrected chi connectivity index (χ0v) is 9.80. The topological polar surface area (TPSA) is 66.9 Å². The van der Waals surface area contributed by atoms with Crippen LogP contribution in [0.25, 0.3) is 0 Å². The van der Waals surface area contributed by atoms with Crippen LogP contribution in [-0.2, 0) is 10.8 Å². The largest absolute Gasteiger partial charge is 0.398 e. The zero-order chi connectivity index (χ0) is 11.6. The second-order valence-corrected chi connectivity index (χ2v) is 5.78. The third-order valence-electron chi connectivity index (χ3n) is 3.01. The molecule has 1 fully saturated rings. The first-order chi connectivity index (χ1) is 7.67. The standard InChI is InChI=1S/C12H14N2OS/c13-8-7-12(5-6-12)9-16(15)11-4-2-1-3-10(11)14/h1-4H,5-7,9,14H2. The molecule has 1 aliphatic rings. The summed E-state index contributed by atoms with van der Waals surface area (Å²) in [5, 5.41) is 8.71. The van der Waals surface area contributed by atoms with Crippen molar-refractivity contribution in [3.8, 4) is 6.07 Å². The van der Waals surface area contributed by atoms with Gasteiger partial charge >= 0.3 is 0 Å². The lowest BCUT2D eigenvalue weighted by Crippen LogP contribution is -2.12. The second kappa shape index (κ2) is 4.26. The van der Waals surface area contributed by atoms with E-state index in [2.05, 4.69) is 6.07 Å². The van der Waals surface area contributed by atoms with Crippen LogP contribution in [0.1, 0.15) is 19.3 Å². The normalized spacial score (nSPS) is 18.7. The minimum absolute atomic E-state index is 0.00188. The average molecular weight is 234 g/mol. The van der Waals surface area contributed by atoms with Crippen LogP contribution in [0.5, 0.6) is 0 Å². The number of benzene rings is 1. The lowest BCUT2D eigenvalue weighted by molar-refractivity contribution is 0.587. The van der Waals surface area contributed by atoms with Crippen molar-refractivity contribution in [3.05, 3.63) is 24.3 Å². The first-order valence-corrected chi connectivity index (χ1v) is 6.59. The Hall–Kier alpha value is -1.34. The van der Waals surface area contributed by atoms with E-state index in [4.69, 9.17) is 11.0 Å².